The fourth-order valence-corrected chi connectivity index (χ4v) is 5.16. The average Bonchev–Trinajstić information content (AvgIpc) is 3.34. The zero-order valence-electron chi connectivity index (χ0n) is 20.6. The van der Waals surface area contributed by atoms with Gasteiger partial charge >= 0.3 is 0 Å². The zero-order chi connectivity index (χ0) is 27.3. The number of sulfonamides is 1. The van der Waals surface area contributed by atoms with Crippen molar-refractivity contribution in [3.05, 3.63) is 89.2 Å². The lowest BCUT2D eigenvalue weighted by Gasteiger charge is -2.15. The van der Waals surface area contributed by atoms with Crippen LogP contribution in [-0.2, 0) is 27.8 Å². The molecule has 0 saturated carbocycles. The second kappa shape index (κ2) is 11.5. The minimum Gasteiger partial charge on any atom is -0.497 e. The normalized spacial score (nSPS) is 11.2. The monoisotopic (exact) mass is 555 g/mol. The van der Waals surface area contributed by atoms with E-state index in [4.69, 9.17) is 26.8 Å². The molecule has 10 nitrogen and oxygen atoms in total. The van der Waals surface area contributed by atoms with E-state index in [1.54, 1.807) is 54.6 Å². The molecule has 0 bridgehead atoms. The number of hydrogen-bond donors (Lipinski definition) is 3. The van der Waals surface area contributed by atoms with E-state index in [0.717, 1.165) is 0 Å². The van der Waals surface area contributed by atoms with E-state index in [-0.39, 0.29) is 35.1 Å². The summed E-state index contributed by atoms with van der Waals surface area (Å²) in [6, 6.07) is 16.6. The third-order valence-electron chi connectivity index (χ3n) is 5.64. The van der Waals surface area contributed by atoms with Crippen molar-refractivity contribution in [3.8, 4) is 17.2 Å². The molecule has 0 spiro atoms. The summed E-state index contributed by atoms with van der Waals surface area (Å²) in [5.41, 5.74) is 7.96. The summed E-state index contributed by atoms with van der Waals surface area (Å²) in [5, 5.41) is 7.35. The second-order valence-electron chi connectivity index (χ2n) is 8.22. The lowest BCUT2D eigenvalue weighted by atomic mass is 10.1. The predicted molar refractivity (Wildman–Crippen MR) is 145 cm³/mol. The number of hydrogen-bond acceptors (Lipinski definition) is 7. The Labute approximate surface area is 225 Å². The highest BCUT2D eigenvalue weighted by atomic mass is 35.5. The molecule has 0 aliphatic rings. The van der Waals surface area contributed by atoms with Gasteiger partial charge in [0, 0.05) is 28.9 Å². The van der Waals surface area contributed by atoms with Crippen LogP contribution in [0.5, 0.6) is 11.5 Å². The number of nitrogen functional groups attached to an aromatic ring is 1. The fourth-order valence-electron chi connectivity index (χ4n) is 3.73. The highest BCUT2D eigenvalue weighted by molar-refractivity contribution is 7.89. The number of amides is 1. The van der Waals surface area contributed by atoms with Crippen molar-refractivity contribution in [2.75, 3.05) is 25.3 Å². The molecule has 0 saturated heterocycles. The smallest absolute Gasteiger partial charge is 0.243 e. The molecule has 1 amide bonds. The Hall–Kier alpha value is -4.06. The number of nitrogens with two attached hydrogens (primary N) is 1. The second-order valence-corrected chi connectivity index (χ2v) is 10.4. The molecular weight excluding hydrogens is 530 g/mol. The fraction of sp³-hybridized carbons (Fsp3) is 0.154. The topological polar surface area (TPSA) is 138 Å². The molecule has 0 radical (unpaired) electrons. The van der Waals surface area contributed by atoms with Crippen molar-refractivity contribution in [1.29, 1.82) is 0 Å². The minimum atomic E-state index is -4.10. The van der Waals surface area contributed by atoms with Gasteiger partial charge in [0.2, 0.25) is 15.9 Å². The van der Waals surface area contributed by atoms with Gasteiger partial charge in [-0.2, -0.15) is 5.10 Å². The number of rotatable bonds is 10. The number of nitrogens with one attached hydrogen (secondary N) is 2. The molecular formula is C26H26ClN5O5S. The Balaban J connectivity index is 1.63. The quantitative estimate of drug-likeness (QED) is 0.271. The number of carbonyl (C=O) groups is 1. The highest BCUT2D eigenvalue weighted by Gasteiger charge is 2.22. The summed E-state index contributed by atoms with van der Waals surface area (Å²) in [6.07, 6.45) is 2.93. The summed E-state index contributed by atoms with van der Waals surface area (Å²) in [7, 11) is -1.09. The maximum Gasteiger partial charge on any atom is 0.243 e. The Kier molecular flexibility index (Phi) is 8.20. The molecule has 4 rings (SSSR count). The van der Waals surface area contributed by atoms with E-state index in [1.165, 1.54) is 37.4 Å². The van der Waals surface area contributed by atoms with Crippen molar-refractivity contribution >= 4 is 38.9 Å². The van der Waals surface area contributed by atoms with Gasteiger partial charge in [0.1, 0.15) is 16.4 Å². The van der Waals surface area contributed by atoms with Crippen LogP contribution in [-0.4, -0.2) is 38.3 Å². The van der Waals surface area contributed by atoms with E-state index in [1.807, 2.05) is 0 Å². The van der Waals surface area contributed by atoms with Gasteiger partial charge in [0.05, 0.1) is 44.4 Å². The molecule has 0 aliphatic heterocycles. The van der Waals surface area contributed by atoms with Crippen LogP contribution in [0.15, 0.2) is 78.0 Å². The van der Waals surface area contributed by atoms with Crippen LogP contribution in [0.3, 0.4) is 0 Å². The number of nitrogens with zero attached hydrogens (tertiary/aromatic N) is 2. The Bertz CT molecular complexity index is 1570. The number of benzene rings is 3. The number of halogens is 1. The lowest BCUT2D eigenvalue weighted by molar-refractivity contribution is -0.115. The van der Waals surface area contributed by atoms with E-state index >= 15 is 0 Å². The average molecular weight is 556 g/mol. The van der Waals surface area contributed by atoms with Crippen molar-refractivity contribution < 1.29 is 22.7 Å². The molecule has 0 fully saturated rings. The molecule has 38 heavy (non-hydrogen) atoms. The van der Waals surface area contributed by atoms with Crippen LogP contribution in [0.2, 0.25) is 5.02 Å². The van der Waals surface area contributed by atoms with Crippen molar-refractivity contribution in [3.63, 3.8) is 0 Å². The largest absolute Gasteiger partial charge is 0.497 e. The summed E-state index contributed by atoms with van der Waals surface area (Å²) in [4.78, 5) is 12.6. The summed E-state index contributed by atoms with van der Waals surface area (Å²) >= 11 is 6.17. The number of ether oxygens (including phenoxy) is 2. The molecule has 198 valence electrons. The van der Waals surface area contributed by atoms with Gasteiger partial charge in [-0.1, -0.05) is 35.9 Å². The molecule has 12 heteroatoms. The third-order valence-corrected chi connectivity index (χ3v) is 7.44. The summed E-state index contributed by atoms with van der Waals surface area (Å²) in [5.74, 6) is 0.688. The number of aromatic nitrogens is 2. The molecule has 4 N–H and O–H groups in total. The van der Waals surface area contributed by atoms with E-state index < -0.39 is 10.0 Å². The van der Waals surface area contributed by atoms with Crippen LogP contribution in [0.4, 0.5) is 11.4 Å². The van der Waals surface area contributed by atoms with Crippen molar-refractivity contribution in [2.24, 2.45) is 0 Å². The first kappa shape index (κ1) is 27.0. The molecule has 1 aromatic heterocycles. The van der Waals surface area contributed by atoms with Crippen molar-refractivity contribution in [2.45, 2.75) is 17.9 Å². The maximum absolute atomic E-state index is 13.5. The molecule has 0 aliphatic carbocycles. The van der Waals surface area contributed by atoms with Gasteiger partial charge in [-0.15, -0.1) is 0 Å². The van der Waals surface area contributed by atoms with Gasteiger partial charge in [0.15, 0.2) is 0 Å². The summed E-state index contributed by atoms with van der Waals surface area (Å²) in [6.45, 7) is -0.0563. The maximum atomic E-state index is 13.5. The van der Waals surface area contributed by atoms with Crippen LogP contribution >= 0.6 is 11.6 Å². The lowest BCUT2D eigenvalue weighted by Crippen LogP contribution is -2.25. The Morgan fingerprint density at radius 1 is 1.05 bits per heavy atom. The molecule has 4 aromatic rings. The predicted octanol–water partition coefficient (Wildman–Crippen LogP) is 3.78. The first-order valence-corrected chi connectivity index (χ1v) is 13.2. The van der Waals surface area contributed by atoms with Crippen molar-refractivity contribution in [1.82, 2.24) is 14.5 Å². The van der Waals surface area contributed by atoms with Crippen LogP contribution < -0.4 is 25.2 Å². The van der Waals surface area contributed by atoms with Crippen LogP contribution in [0, 0.1) is 0 Å². The highest BCUT2D eigenvalue weighted by Crippen LogP contribution is 2.28. The first-order valence-electron chi connectivity index (χ1n) is 11.4. The van der Waals surface area contributed by atoms with Crippen LogP contribution in [0.25, 0.3) is 5.69 Å². The van der Waals surface area contributed by atoms with Gasteiger partial charge in [0.25, 0.3) is 0 Å². The molecule has 0 unspecified atom stereocenters. The van der Waals surface area contributed by atoms with Gasteiger partial charge < -0.3 is 20.5 Å². The Morgan fingerprint density at radius 3 is 2.53 bits per heavy atom. The summed E-state index contributed by atoms with van der Waals surface area (Å²) < 4.78 is 41.6. The third kappa shape index (κ3) is 6.25. The zero-order valence-corrected chi connectivity index (χ0v) is 22.2. The molecule has 1 heterocycles. The molecule has 3 aromatic carbocycles. The number of carbonyl (C=O) groups excluding carboxylic acids is 1. The standard InChI is InChI=1S/C26H26ClN5O5S/c1-36-21-9-7-18(24(13-21)37-2)14-30-38(34,35)25-12-20(8-10-23(25)32-16-19(28)15-29-32)31-26(33)11-17-5-3-4-6-22(17)27/h3-10,12-13,15-16,30H,11,14,28H2,1-2H3,(H,31,33). The van der Waals surface area contributed by atoms with E-state index in [2.05, 4.69) is 15.1 Å². The molecule has 0 atom stereocenters. The van der Waals surface area contributed by atoms with Gasteiger partial charge in [-0.3, -0.25) is 4.79 Å². The number of anilines is 2. The minimum absolute atomic E-state index is 0.0225. The SMILES string of the molecule is COc1ccc(CNS(=O)(=O)c2cc(NC(=O)Cc3ccccc3Cl)ccc2-n2cc(N)cn2)c(OC)c1. The first-order chi connectivity index (χ1) is 18.2. The van der Waals surface area contributed by atoms with Gasteiger partial charge in [-0.05, 0) is 35.9 Å². The van der Waals surface area contributed by atoms with Gasteiger partial charge in [-0.25, -0.2) is 17.8 Å². The van der Waals surface area contributed by atoms with E-state index in [0.29, 0.717) is 33.3 Å². The van der Waals surface area contributed by atoms with E-state index in [9.17, 15) is 13.2 Å². The number of methoxy groups -OCH3 is 2. The Morgan fingerprint density at radius 2 is 1.84 bits per heavy atom. The van der Waals surface area contributed by atoms with Crippen LogP contribution in [0.1, 0.15) is 11.1 Å².